The summed E-state index contributed by atoms with van der Waals surface area (Å²) in [5.74, 6) is -0.143. The smallest absolute Gasteiger partial charge is 0.305 e. The molecule has 0 saturated carbocycles. The molecule has 0 unspecified atom stereocenters. The van der Waals surface area contributed by atoms with Crippen LogP contribution in [0.15, 0.2) is 47.8 Å². The first kappa shape index (κ1) is 15.3. The highest BCUT2D eigenvalue weighted by molar-refractivity contribution is 7.13. The standard InChI is InChI=1S/C13H13N3OS.ClH/c1-11-5-6-12(18-11)9-14-15-13(17)10-16-7-3-2-4-8-16;/h2-9H,10H2,1H3;1H. The van der Waals surface area contributed by atoms with Gasteiger partial charge in [-0.3, -0.25) is 4.79 Å². The van der Waals surface area contributed by atoms with E-state index >= 15 is 0 Å². The number of rotatable bonds is 4. The Bertz CT molecular complexity index is 554. The molecular weight excluding hydrogens is 282 g/mol. The van der Waals surface area contributed by atoms with Crippen LogP contribution >= 0.6 is 11.3 Å². The summed E-state index contributed by atoms with van der Waals surface area (Å²) in [5, 5.41) is 3.92. The van der Waals surface area contributed by atoms with E-state index in [9.17, 15) is 4.79 Å². The SMILES string of the molecule is Cc1ccc(C=NNC(=O)C[n+]2ccccc2)s1.[Cl-]. The van der Waals surface area contributed by atoms with Crippen LogP contribution in [0.1, 0.15) is 9.75 Å². The highest BCUT2D eigenvalue weighted by Crippen LogP contribution is 2.12. The maximum Gasteiger partial charge on any atom is 0.305 e. The molecule has 0 aliphatic rings. The number of amides is 1. The van der Waals surface area contributed by atoms with Crippen molar-refractivity contribution in [3.63, 3.8) is 0 Å². The molecule has 19 heavy (non-hydrogen) atoms. The molecule has 6 heteroatoms. The minimum absolute atomic E-state index is 0. The lowest BCUT2D eigenvalue weighted by atomic mass is 10.4. The largest absolute Gasteiger partial charge is 1.00 e. The maximum absolute atomic E-state index is 11.6. The fraction of sp³-hybridized carbons (Fsp3) is 0.154. The summed E-state index contributed by atoms with van der Waals surface area (Å²) in [6.45, 7) is 2.30. The average molecular weight is 296 g/mol. The topological polar surface area (TPSA) is 45.3 Å². The van der Waals surface area contributed by atoms with Gasteiger partial charge in [0.15, 0.2) is 12.4 Å². The van der Waals surface area contributed by atoms with E-state index in [-0.39, 0.29) is 24.9 Å². The number of aryl methyl sites for hydroxylation is 1. The Balaban J connectivity index is 0.00000180. The molecule has 0 aliphatic heterocycles. The molecule has 0 aromatic carbocycles. The van der Waals surface area contributed by atoms with Crippen molar-refractivity contribution < 1.29 is 21.8 Å². The molecule has 0 spiro atoms. The molecule has 4 nitrogen and oxygen atoms in total. The molecule has 0 bridgehead atoms. The van der Waals surface area contributed by atoms with Crippen molar-refractivity contribution in [2.75, 3.05) is 0 Å². The van der Waals surface area contributed by atoms with E-state index in [0.717, 1.165) is 4.88 Å². The van der Waals surface area contributed by atoms with Crippen LogP contribution in [0.4, 0.5) is 0 Å². The van der Waals surface area contributed by atoms with Crippen LogP contribution in [0.5, 0.6) is 0 Å². The third-order valence-electron chi connectivity index (χ3n) is 2.25. The van der Waals surface area contributed by atoms with Crippen molar-refractivity contribution in [1.29, 1.82) is 0 Å². The van der Waals surface area contributed by atoms with E-state index in [1.165, 1.54) is 4.88 Å². The Morgan fingerprint density at radius 1 is 1.37 bits per heavy atom. The molecule has 2 rings (SSSR count). The van der Waals surface area contributed by atoms with Crippen molar-refractivity contribution in [3.05, 3.63) is 52.5 Å². The molecule has 1 N–H and O–H groups in total. The quantitative estimate of drug-likeness (QED) is 0.416. The van der Waals surface area contributed by atoms with E-state index in [1.54, 1.807) is 22.1 Å². The van der Waals surface area contributed by atoms with Gasteiger partial charge in [-0.2, -0.15) is 9.67 Å². The van der Waals surface area contributed by atoms with E-state index in [2.05, 4.69) is 10.5 Å². The Kier molecular flexibility index (Phi) is 6.18. The summed E-state index contributed by atoms with van der Waals surface area (Å²) in [7, 11) is 0. The molecule has 0 atom stereocenters. The number of carbonyl (C=O) groups excluding carboxylic acids is 1. The van der Waals surface area contributed by atoms with Crippen molar-refractivity contribution >= 4 is 23.5 Å². The minimum Gasteiger partial charge on any atom is -1.00 e. The first-order valence-electron chi connectivity index (χ1n) is 5.56. The highest BCUT2D eigenvalue weighted by atomic mass is 35.5. The molecule has 2 aromatic rings. The number of nitrogens with one attached hydrogen (secondary N) is 1. The van der Waals surface area contributed by atoms with Crippen LogP contribution in [0.25, 0.3) is 0 Å². The third-order valence-corrected chi connectivity index (χ3v) is 3.18. The van der Waals surface area contributed by atoms with E-state index in [4.69, 9.17) is 0 Å². The van der Waals surface area contributed by atoms with Crippen molar-refractivity contribution in [2.24, 2.45) is 5.10 Å². The number of carbonyl (C=O) groups is 1. The summed E-state index contributed by atoms with van der Waals surface area (Å²) in [6.07, 6.45) is 5.34. The molecule has 0 aliphatic carbocycles. The number of aromatic nitrogens is 1. The van der Waals surface area contributed by atoms with Crippen LogP contribution in [0.3, 0.4) is 0 Å². The Labute approximate surface area is 122 Å². The number of thiophene rings is 1. The van der Waals surface area contributed by atoms with Gasteiger partial charge in [0.1, 0.15) is 0 Å². The van der Waals surface area contributed by atoms with Gasteiger partial charge >= 0.3 is 5.91 Å². The van der Waals surface area contributed by atoms with Gasteiger partial charge in [0, 0.05) is 21.9 Å². The summed E-state index contributed by atoms with van der Waals surface area (Å²) in [5.41, 5.74) is 2.51. The zero-order valence-electron chi connectivity index (χ0n) is 10.4. The van der Waals surface area contributed by atoms with Crippen molar-refractivity contribution in [3.8, 4) is 0 Å². The van der Waals surface area contributed by atoms with Crippen LogP contribution < -0.4 is 22.4 Å². The molecule has 2 aromatic heterocycles. The van der Waals surface area contributed by atoms with Crippen LogP contribution in [-0.2, 0) is 11.3 Å². The second kappa shape index (κ2) is 7.66. The molecule has 1 amide bonds. The maximum atomic E-state index is 11.6. The predicted octanol–water partition coefficient (Wildman–Crippen LogP) is -1.50. The highest BCUT2D eigenvalue weighted by Gasteiger charge is 2.06. The summed E-state index contributed by atoms with van der Waals surface area (Å²) in [4.78, 5) is 13.8. The first-order valence-corrected chi connectivity index (χ1v) is 6.38. The van der Waals surface area contributed by atoms with E-state index in [0.29, 0.717) is 0 Å². The fourth-order valence-corrected chi connectivity index (χ4v) is 2.18. The Hall–Kier alpha value is -1.72. The fourth-order valence-electron chi connectivity index (χ4n) is 1.43. The monoisotopic (exact) mass is 295 g/mol. The van der Waals surface area contributed by atoms with Gasteiger partial charge in [-0.05, 0) is 19.1 Å². The van der Waals surface area contributed by atoms with Gasteiger partial charge in [-0.1, -0.05) is 6.07 Å². The van der Waals surface area contributed by atoms with Crippen LogP contribution in [-0.4, -0.2) is 12.1 Å². The Morgan fingerprint density at radius 2 is 2.11 bits per heavy atom. The number of hydrogen-bond donors (Lipinski definition) is 1. The molecule has 2 heterocycles. The zero-order chi connectivity index (χ0) is 12.8. The van der Waals surface area contributed by atoms with Gasteiger partial charge in [0.25, 0.3) is 0 Å². The van der Waals surface area contributed by atoms with Crippen LogP contribution in [0.2, 0.25) is 0 Å². The third kappa shape index (κ3) is 5.19. The number of pyridine rings is 1. The van der Waals surface area contributed by atoms with Gasteiger partial charge in [-0.15, -0.1) is 11.3 Å². The zero-order valence-corrected chi connectivity index (χ0v) is 12.0. The number of nitrogens with zero attached hydrogens (tertiary/aromatic N) is 2. The predicted molar refractivity (Wildman–Crippen MR) is 71.4 cm³/mol. The minimum atomic E-state index is -0.143. The molecule has 0 saturated heterocycles. The van der Waals surface area contributed by atoms with Crippen LogP contribution in [0, 0.1) is 6.92 Å². The molecule has 0 fully saturated rings. The molecule has 100 valence electrons. The lowest BCUT2D eigenvalue weighted by Crippen LogP contribution is -3.00. The number of halogens is 1. The number of hydrazone groups is 1. The van der Waals surface area contributed by atoms with Gasteiger partial charge in [0.05, 0.1) is 6.21 Å². The first-order chi connectivity index (χ1) is 8.74. The lowest BCUT2D eigenvalue weighted by molar-refractivity contribution is -0.684. The molecule has 0 radical (unpaired) electrons. The van der Waals surface area contributed by atoms with Gasteiger partial charge in [0.2, 0.25) is 6.54 Å². The van der Waals surface area contributed by atoms with E-state index < -0.39 is 0 Å². The lowest BCUT2D eigenvalue weighted by Gasteiger charge is -1.95. The van der Waals surface area contributed by atoms with E-state index in [1.807, 2.05) is 49.6 Å². The van der Waals surface area contributed by atoms with Crippen molar-refractivity contribution in [2.45, 2.75) is 13.5 Å². The Morgan fingerprint density at radius 3 is 2.74 bits per heavy atom. The normalized spacial score (nSPS) is 10.2. The second-order valence-corrected chi connectivity index (χ2v) is 5.11. The van der Waals surface area contributed by atoms with Crippen molar-refractivity contribution in [1.82, 2.24) is 5.43 Å². The van der Waals surface area contributed by atoms with Gasteiger partial charge < -0.3 is 12.4 Å². The summed E-state index contributed by atoms with van der Waals surface area (Å²) in [6, 6.07) is 9.66. The number of hydrogen-bond acceptors (Lipinski definition) is 3. The summed E-state index contributed by atoms with van der Waals surface area (Å²) < 4.78 is 1.79. The van der Waals surface area contributed by atoms with Gasteiger partial charge in [-0.25, -0.2) is 5.43 Å². The molecular formula is C13H14ClN3OS. The second-order valence-electron chi connectivity index (χ2n) is 3.79. The summed E-state index contributed by atoms with van der Waals surface area (Å²) >= 11 is 1.64. The average Bonchev–Trinajstić information content (AvgIpc) is 2.76.